The summed E-state index contributed by atoms with van der Waals surface area (Å²) in [5, 5.41) is 0. The van der Waals surface area contributed by atoms with Gasteiger partial charge in [-0.25, -0.2) is 0 Å². The highest BCUT2D eigenvalue weighted by atomic mass is 16.5. The van der Waals surface area contributed by atoms with Crippen molar-refractivity contribution in [1.82, 2.24) is 9.80 Å². The van der Waals surface area contributed by atoms with Crippen molar-refractivity contribution in [3.05, 3.63) is 108 Å². The number of methoxy groups -OCH3 is 1. The van der Waals surface area contributed by atoms with Crippen molar-refractivity contribution in [2.24, 2.45) is 5.92 Å². The van der Waals surface area contributed by atoms with Gasteiger partial charge >= 0.3 is 5.97 Å². The van der Waals surface area contributed by atoms with Crippen LogP contribution in [0.2, 0.25) is 0 Å². The number of amides is 1. The highest BCUT2D eigenvalue weighted by molar-refractivity contribution is 5.88. The Balaban J connectivity index is 1.50. The molecule has 1 aliphatic heterocycles. The molecule has 2 atom stereocenters. The third-order valence-electron chi connectivity index (χ3n) is 7.00. The summed E-state index contributed by atoms with van der Waals surface area (Å²) in [6.45, 7) is 1.72. The molecule has 3 aromatic carbocycles. The Bertz CT molecular complexity index is 1050. The predicted octanol–water partition coefficient (Wildman–Crippen LogP) is 4.38. The molecule has 1 fully saturated rings. The lowest BCUT2D eigenvalue weighted by atomic mass is 9.90. The van der Waals surface area contributed by atoms with E-state index >= 15 is 0 Å². The Labute approximate surface area is 208 Å². The molecule has 0 N–H and O–H groups in total. The number of likely N-dealkylation sites (tertiary alicyclic amines) is 1. The Kier molecular flexibility index (Phi) is 8.32. The van der Waals surface area contributed by atoms with Crippen molar-refractivity contribution >= 4 is 11.9 Å². The van der Waals surface area contributed by atoms with Gasteiger partial charge in [0, 0.05) is 19.1 Å². The summed E-state index contributed by atoms with van der Waals surface area (Å²) in [5.74, 6) is -0.997. The third kappa shape index (κ3) is 5.98. The van der Waals surface area contributed by atoms with E-state index in [9.17, 15) is 9.59 Å². The Morgan fingerprint density at radius 3 is 1.97 bits per heavy atom. The van der Waals surface area contributed by atoms with Crippen LogP contribution in [0.4, 0.5) is 0 Å². The van der Waals surface area contributed by atoms with E-state index in [0.717, 1.165) is 30.5 Å². The lowest BCUT2D eigenvalue weighted by molar-refractivity contribution is -0.146. The van der Waals surface area contributed by atoms with Gasteiger partial charge in [0.2, 0.25) is 5.91 Å². The van der Waals surface area contributed by atoms with Gasteiger partial charge in [-0.3, -0.25) is 9.59 Å². The molecular weight excluding hydrogens is 436 g/mol. The number of likely N-dealkylation sites (N-methyl/N-ethyl adjacent to an activating group) is 1. The first kappa shape index (κ1) is 24.7. The van der Waals surface area contributed by atoms with Crippen molar-refractivity contribution in [3.8, 4) is 0 Å². The molecule has 3 aromatic rings. The Morgan fingerprint density at radius 1 is 0.886 bits per heavy atom. The maximum Gasteiger partial charge on any atom is 0.312 e. The molecule has 35 heavy (non-hydrogen) atoms. The molecular formula is C30H34N2O3. The van der Waals surface area contributed by atoms with Crippen LogP contribution in [0.25, 0.3) is 0 Å². The Hall–Kier alpha value is -3.44. The molecule has 0 spiro atoms. The van der Waals surface area contributed by atoms with Gasteiger partial charge in [0.25, 0.3) is 0 Å². The van der Waals surface area contributed by atoms with Crippen LogP contribution in [0.5, 0.6) is 0 Å². The van der Waals surface area contributed by atoms with E-state index in [4.69, 9.17) is 4.74 Å². The molecule has 0 aliphatic carbocycles. The number of carbonyl (C=O) groups is 2. The number of hydrogen-bond acceptors (Lipinski definition) is 4. The fourth-order valence-corrected chi connectivity index (χ4v) is 5.09. The molecule has 0 radical (unpaired) electrons. The maximum absolute atomic E-state index is 13.9. The average molecular weight is 471 g/mol. The van der Waals surface area contributed by atoms with Gasteiger partial charge < -0.3 is 14.5 Å². The maximum atomic E-state index is 13.9. The summed E-state index contributed by atoms with van der Waals surface area (Å²) in [6.07, 6.45) is 1.96. The highest BCUT2D eigenvalue weighted by Gasteiger charge is 2.43. The first-order chi connectivity index (χ1) is 17.1. The second-order valence-corrected chi connectivity index (χ2v) is 9.26. The minimum Gasteiger partial charge on any atom is -0.469 e. The van der Waals surface area contributed by atoms with Crippen LogP contribution in [-0.2, 0) is 20.7 Å². The monoisotopic (exact) mass is 470 g/mol. The van der Waals surface area contributed by atoms with Crippen LogP contribution in [0.15, 0.2) is 91.0 Å². The van der Waals surface area contributed by atoms with Crippen LogP contribution in [0.1, 0.15) is 29.0 Å². The number of benzene rings is 3. The van der Waals surface area contributed by atoms with Gasteiger partial charge in [-0.15, -0.1) is 0 Å². The van der Waals surface area contributed by atoms with Crippen molar-refractivity contribution in [3.63, 3.8) is 0 Å². The van der Waals surface area contributed by atoms with Gasteiger partial charge in [0.05, 0.1) is 18.9 Å². The third-order valence-corrected chi connectivity index (χ3v) is 7.00. The minimum atomic E-state index is -0.405. The van der Waals surface area contributed by atoms with E-state index in [0.29, 0.717) is 13.1 Å². The molecule has 1 aliphatic rings. The smallest absolute Gasteiger partial charge is 0.312 e. The summed E-state index contributed by atoms with van der Waals surface area (Å²) >= 11 is 0. The summed E-state index contributed by atoms with van der Waals surface area (Å²) in [7, 11) is 3.47. The van der Waals surface area contributed by atoms with E-state index < -0.39 is 5.92 Å². The molecule has 4 rings (SSSR count). The number of hydrogen-bond donors (Lipinski definition) is 0. The molecule has 0 saturated carbocycles. The molecule has 0 unspecified atom stereocenters. The van der Waals surface area contributed by atoms with Gasteiger partial charge in [-0.05, 0) is 43.1 Å². The van der Waals surface area contributed by atoms with Crippen LogP contribution in [-0.4, -0.2) is 61.5 Å². The van der Waals surface area contributed by atoms with Gasteiger partial charge in [-0.2, -0.15) is 0 Å². The molecule has 0 bridgehead atoms. The van der Waals surface area contributed by atoms with Crippen LogP contribution in [0.3, 0.4) is 0 Å². The SMILES string of the molecule is COC(=O)[C@@H]1CN(C(=O)C(c2ccccc2)c2ccccc2)C[C@H]1N(C)CCCc1ccccc1. The molecule has 182 valence electrons. The van der Waals surface area contributed by atoms with Crippen molar-refractivity contribution in [2.45, 2.75) is 24.8 Å². The number of carbonyl (C=O) groups excluding carboxylic acids is 2. The lowest BCUT2D eigenvalue weighted by Gasteiger charge is -2.28. The number of aryl methyl sites for hydroxylation is 1. The number of rotatable bonds is 9. The van der Waals surface area contributed by atoms with Crippen LogP contribution in [0, 0.1) is 5.92 Å². The van der Waals surface area contributed by atoms with E-state index in [1.54, 1.807) is 0 Å². The van der Waals surface area contributed by atoms with Gasteiger partial charge in [-0.1, -0.05) is 91.0 Å². The quantitative estimate of drug-likeness (QED) is 0.436. The van der Waals surface area contributed by atoms with Crippen molar-refractivity contribution in [2.75, 3.05) is 33.8 Å². The van der Waals surface area contributed by atoms with E-state index in [1.165, 1.54) is 12.7 Å². The summed E-state index contributed by atoms with van der Waals surface area (Å²) in [6, 6.07) is 30.1. The van der Waals surface area contributed by atoms with Gasteiger partial charge in [0.1, 0.15) is 0 Å². The first-order valence-corrected chi connectivity index (χ1v) is 12.3. The van der Waals surface area contributed by atoms with Crippen LogP contribution < -0.4 is 0 Å². The van der Waals surface area contributed by atoms with Gasteiger partial charge in [0.15, 0.2) is 0 Å². The number of ether oxygens (including phenoxy) is 1. The lowest BCUT2D eigenvalue weighted by Crippen LogP contribution is -2.42. The molecule has 1 saturated heterocycles. The second kappa shape index (κ2) is 11.8. The number of nitrogens with zero attached hydrogens (tertiary/aromatic N) is 2. The first-order valence-electron chi connectivity index (χ1n) is 12.3. The standard InChI is InChI=1S/C30H34N2O3/c1-31(20-12-15-23-13-6-3-7-14-23)27-22-32(21-26(27)30(34)35-2)29(33)28(24-16-8-4-9-17-24)25-18-10-5-11-19-25/h3-11,13-14,16-19,26-28H,12,15,20-22H2,1-2H3/t26-,27-/m1/s1. The second-order valence-electron chi connectivity index (χ2n) is 9.26. The molecule has 0 aromatic heterocycles. The van der Waals surface area contributed by atoms with E-state index in [1.807, 2.05) is 78.7 Å². The molecule has 1 heterocycles. The summed E-state index contributed by atoms with van der Waals surface area (Å²) in [4.78, 5) is 30.7. The number of esters is 1. The van der Waals surface area contributed by atoms with Crippen molar-refractivity contribution < 1.29 is 14.3 Å². The normalized spacial score (nSPS) is 17.7. The topological polar surface area (TPSA) is 49.9 Å². The summed E-state index contributed by atoms with van der Waals surface area (Å²) in [5.41, 5.74) is 3.22. The summed E-state index contributed by atoms with van der Waals surface area (Å²) < 4.78 is 5.14. The molecule has 1 amide bonds. The Morgan fingerprint density at radius 2 is 1.43 bits per heavy atom. The average Bonchev–Trinajstić information content (AvgIpc) is 3.36. The fraction of sp³-hybridized carbons (Fsp3) is 0.333. The zero-order chi connectivity index (χ0) is 24.6. The minimum absolute atomic E-state index is 0.0245. The fourth-order valence-electron chi connectivity index (χ4n) is 5.09. The predicted molar refractivity (Wildman–Crippen MR) is 138 cm³/mol. The van der Waals surface area contributed by atoms with Crippen molar-refractivity contribution in [1.29, 1.82) is 0 Å². The highest BCUT2D eigenvalue weighted by Crippen LogP contribution is 2.31. The molecule has 5 heteroatoms. The molecule has 5 nitrogen and oxygen atoms in total. The zero-order valence-corrected chi connectivity index (χ0v) is 20.5. The van der Waals surface area contributed by atoms with E-state index in [-0.39, 0.29) is 23.8 Å². The largest absolute Gasteiger partial charge is 0.469 e. The zero-order valence-electron chi connectivity index (χ0n) is 20.5. The van der Waals surface area contributed by atoms with Crippen LogP contribution >= 0.6 is 0 Å². The van der Waals surface area contributed by atoms with E-state index in [2.05, 4.69) is 29.2 Å².